The molecule has 4 rings (SSSR count). The molecule has 1 aromatic carbocycles. The van der Waals surface area contributed by atoms with Gasteiger partial charge in [0.25, 0.3) is 0 Å². The highest BCUT2D eigenvalue weighted by Crippen LogP contribution is 2.31. The molecule has 2 nitrogen and oxygen atoms in total. The first-order valence-corrected chi connectivity index (χ1v) is 13.7. The van der Waals surface area contributed by atoms with Crippen molar-refractivity contribution in [2.75, 3.05) is 0 Å². The minimum absolute atomic E-state index is 0.272. The smallest absolute Gasteiger partial charge is 0.422 e. The minimum Gasteiger partial charge on any atom is -0.550 e. The van der Waals surface area contributed by atoms with E-state index in [1.165, 1.54) is 12.0 Å². The first kappa shape index (κ1) is 30.4. The largest absolute Gasteiger partial charge is 0.550 e. The predicted molar refractivity (Wildman–Crippen MR) is 169 cm³/mol. The first-order chi connectivity index (χ1) is 18.6. The van der Waals surface area contributed by atoms with Crippen LogP contribution in [0.3, 0.4) is 0 Å². The van der Waals surface area contributed by atoms with E-state index in [1.54, 1.807) is 6.20 Å². The van der Waals surface area contributed by atoms with Crippen LogP contribution in [0.2, 0.25) is 0 Å². The molecule has 0 radical (unpaired) electrons. The summed E-state index contributed by atoms with van der Waals surface area (Å²) < 4.78 is 6.79. The lowest BCUT2D eigenvalue weighted by Gasteiger charge is -2.24. The zero-order valence-corrected chi connectivity index (χ0v) is 23.7. The van der Waals surface area contributed by atoms with Crippen LogP contribution in [0.4, 0.5) is 0 Å². The molecule has 196 valence electrons. The van der Waals surface area contributed by atoms with E-state index in [-0.39, 0.29) is 12.8 Å². The molecular weight excluding hydrogens is 461 g/mol. The van der Waals surface area contributed by atoms with Crippen LogP contribution < -0.4 is 4.65 Å². The van der Waals surface area contributed by atoms with Gasteiger partial charge in [-0.15, -0.1) is 0 Å². The van der Waals surface area contributed by atoms with E-state index in [1.807, 2.05) is 62.4 Å². The Hall–Kier alpha value is -3.85. The van der Waals surface area contributed by atoms with Gasteiger partial charge in [0.15, 0.2) is 0 Å². The third-order valence-corrected chi connectivity index (χ3v) is 5.82. The lowest BCUT2D eigenvalue weighted by atomic mass is 9.50. The summed E-state index contributed by atoms with van der Waals surface area (Å²) in [7, 11) is 0. The third kappa shape index (κ3) is 8.62. The molecule has 2 aromatic rings. The number of allylic oxidation sites excluding steroid dienone is 16. The van der Waals surface area contributed by atoms with Gasteiger partial charge in [-0.25, -0.2) is 0 Å². The summed E-state index contributed by atoms with van der Waals surface area (Å²) in [5, 5.41) is 1.05. The van der Waals surface area contributed by atoms with Gasteiger partial charge in [0, 0.05) is 11.6 Å². The van der Waals surface area contributed by atoms with Crippen molar-refractivity contribution in [1.82, 2.24) is 4.98 Å². The quantitative estimate of drug-likeness (QED) is 0.379. The number of aromatic nitrogens is 1. The first-order valence-electron chi connectivity index (χ1n) is 13.7. The van der Waals surface area contributed by atoms with Gasteiger partial charge in [0.1, 0.15) is 11.3 Å². The number of benzene rings is 1. The molecule has 38 heavy (non-hydrogen) atoms. The summed E-state index contributed by atoms with van der Waals surface area (Å²) in [6.45, 7) is 18.4. The number of pyridine rings is 1. The summed E-state index contributed by atoms with van der Waals surface area (Å²) in [5.74, 6) is 1.03. The molecule has 0 aliphatic heterocycles. The van der Waals surface area contributed by atoms with Crippen LogP contribution in [0.5, 0.6) is 5.75 Å². The van der Waals surface area contributed by atoms with Crippen molar-refractivity contribution in [3.8, 4) is 5.75 Å². The van der Waals surface area contributed by atoms with Gasteiger partial charge in [-0.05, 0) is 46.6 Å². The Morgan fingerprint density at radius 1 is 1.03 bits per heavy atom. The normalized spacial score (nSPS) is 21.3. The molecular formula is C35H42BNO. The minimum atomic E-state index is -0.310. The Morgan fingerprint density at radius 2 is 1.74 bits per heavy atom. The van der Waals surface area contributed by atoms with Gasteiger partial charge in [-0.2, -0.15) is 0 Å². The standard InChI is InChI=1S/C30H28BNO.C3H8.C2H6/c1-4-28(27-20-9-8-15-24(27)3)31(26-18-7-5-6-13-23(2)14-10-19-26)33-29-21-11-16-25-17-12-22-32-30(25)29;1-3-2;1-2/h4-17,19-22,24H,1-2,18H2,3H3;3H2,1-2H3;1-2H3/b7-5-,13-6-,14-10-,26-19+,28-27+;;. The van der Waals surface area contributed by atoms with Gasteiger partial charge in [-0.3, -0.25) is 4.98 Å². The van der Waals surface area contributed by atoms with Gasteiger partial charge in [0.2, 0.25) is 0 Å². The second kappa shape index (κ2) is 16.8. The molecule has 0 N–H and O–H groups in total. The van der Waals surface area contributed by atoms with Gasteiger partial charge < -0.3 is 4.65 Å². The summed E-state index contributed by atoms with van der Waals surface area (Å²) in [6.07, 6.45) is 28.7. The summed E-state index contributed by atoms with van der Waals surface area (Å²) in [5.41, 5.74) is 5.21. The molecule has 2 aliphatic carbocycles. The average molecular weight is 504 g/mol. The fourth-order valence-corrected chi connectivity index (χ4v) is 4.09. The van der Waals surface area contributed by atoms with E-state index in [0.29, 0.717) is 0 Å². The lowest BCUT2D eigenvalue weighted by Crippen LogP contribution is -2.30. The van der Waals surface area contributed by atoms with Crippen LogP contribution >= 0.6 is 0 Å². The number of fused-ring (bicyclic) bond motifs is 1. The number of nitrogens with zero attached hydrogens (tertiary/aromatic N) is 1. The topological polar surface area (TPSA) is 22.1 Å². The number of hydrogen-bond donors (Lipinski definition) is 0. The van der Waals surface area contributed by atoms with Crippen molar-refractivity contribution in [2.24, 2.45) is 5.92 Å². The molecule has 1 unspecified atom stereocenters. The number of hydrogen-bond acceptors (Lipinski definition) is 2. The maximum Gasteiger partial charge on any atom is 0.422 e. The maximum atomic E-state index is 6.79. The molecule has 1 heterocycles. The van der Waals surface area contributed by atoms with Crippen molar-refractivity contribution in [3.63, 3.8) is 0 Å². The Balaban J connectivity index is 0.000000947. The zero-order valence-electron chi connectivity index (χ0n) is 23.7. The van der Waals surface area contributed by atoms with Crippen molar-refractivity contribution in [3.05, 3.63) is 145 Å². The Bertz CT molecular complexity index is 1280. The monoisotopic (exact) mass is 503 g/mol. The van der Waals surface area contributed by atoms with E-state index >= 15 is 0 Å². The fraction of sp³-hybridized carbons (Fsp3) is 0.229. The molecule has 1 aromatic heterocycles. The van der Waals surface area contributed by atoms with Crippen molar-refractivity contribution in [2.45, 2.75) is 47.5 Å². The molecule has 0 spiro atoms. The van der Waals surface area contributed by atoms with Crippen LogP contribution in [-0.4, -0.2) is 11.9 Å². The van der Waals surface area contributed by atoms with E-state index < -0.39 is 0 Å². The summed E-state index contributed by atoms with van der Waals surface area (Å²) >= 11 is 0. The molecule has 2 aliphatic rings. The van der Waals surface area contributed by atoms with Gasteiger partial charge in [0.05, 0.1) is 0 Å². The molecule has 0 amide bonds. The summed E-state index contributed by atoms with van der Waals surface area (Å²) in [4.78, 5) is 4.60. The fourth-order valence-electron chi connectivity index (χ4n) is 4.09. The van der Waals surface area contributed by atoms with Crippen LogP contribution in [0.1, 0.15) is 47.5 Å². The molecule has 0 saturated heterocycles. The molecule has 0 saturated carbocycles. The Kier molecular flexibility index (Phi) is 13.4. The second-order valence-corrected chi connectivity index (χ2v) is 8.85. The molecule has 0 fully saturated rings. The SMILES string of the molecule is C=C/C(B(Oc1cccc2cccnc12)/C1=C/C=C\C(=C)/C=C\C=C/C1)=C1/C=CC=CC1C.CC.CCC. The van der Waals surface area contributed by atoms with Crippen molar-refractivity contribution in [1.29, 1.82) is 0 Å². The van der Waals surface area contributed by atoms with Gasteiger partial charge >= 0.3 is 6.92 Å². The highest BCUT2D eigenvalue weighted by Gasteiger charge is 2.30. The third-order valence-electron chi connectivity index (χ3n) is 5.82. The van der Waals surface area contributed by atoms with Crippen molar-refractivity contribution >= 4 is 17.8 Å². The Morgan fingerprint density at radius 3 is 2.47 bits per heavy atom. The van der Waals surface area contributed by atoms with Crippen LogP contribution in [0.15, 0.2) is 145 Å². The molecule has 0 bridgehead atoms. The van der Waals surface area contributed by atoms with E-state index in [4.69, 9.17) is 4.65 Å². The number of rotatable bonds is 5. The number of para-hydroxylation sites is 1. The predicted octanol–water partition coefficient (Wildman–Crippen LogP) is 9.93. The van der Waals surface area contributed by atoms with Crippen LogP contribution in [0.25, 0.3) is 10.9 Å². The van der Waals surface area contributed by atoms with Crippen LogP contribution in [-0.2, 0) is 0 Å². The second-order valence-electron chi connectivity index (χ2n) is 8.85. The highest BCUT2D eigenvalue weighted by atomic mass is 16.4. The van der Waals surface area contributed by atoms with E-state index in [2.05, 4.69) is 93.6 Å². The highest BCUT2D eigenvalue weighted by molar-refractivity contribution is 6.70. The zero-order chi connectivity index (χ0) is 27.8. The molecule has 1 atom stereocenters. The molecule has 3 heteroatoms. The van der Waals surface area contributed by atoms with Gasteiger partial charge in [-0.1, -0.05) is 145 Å². The maximum absolute atomic E-state index is 6.79. The van der Waals surface area contributed by atoms with E-state index in [9.17, 15) is 0 Å². The van der Waals surface area contributed by atoms with Crippen LogP contribution in [0, 0.1) is 5.92 Å². The van der Waals surface area contributed by atoms with E-state index in [0.717, 1.165) is 39.6 Å². The lowest BCUT2D eigenvalue weighted by molar-refractivity contribution is 0.587. The Labute approximate surface area is 231 Å². The van der Waals surface area contributed by atoms with Crippen molar-refractivity contribution < 1.29 is 4.65 Å². The summed E-state index contributed by atoms with van der Waals surface area (Å²) in [6, 6.07) is 10.1. The average Bonchev–Trinajstić information content (AvgIpc) is 2.94.